The van der Waals surface area contributed by atoms with Gasteiger partial charge in [-0.05, 0) is 0 Å². The summed E-state index contributed by atoms with van der Waals surface area (Å²) in [5.41, 5.74) is 5.17. The lowest BCUT2D eigenvalue weighted by molar-refractivity contribution is -0.122. The Bertz CT molecular complexity index is 345. The van der Waals surface area contributed by atoms with E-state index in [1.165, 1.54) is 11.5 Å². The van der Waals surface area contributed by atoms with E-state index in [4.69, 9.17) is 5.73 Å². The third kappa shape index (κ3) is 1.57. The van der Waals surface area contributed by atoms with Gasteiger partial charge in [0, 0.05) is 31.0 Å². The fourth-order valence-corrected chi connectivity index (χ4v) is 2.10. The van der Waals surface area contributed by atoms with Gasteiger partial charge in [-0.15, -0.1) is 0 Å². The van der Waals surface area contributed by atoms with Crippen molar-refractivity contribution >= 4 is 22.6 Å². The molecule has 14 heavy (non-hydrogen) atoms. The highest BCUT2D eigenvalue weighted by Crippen LogP contribution is 2.25. The van der Waals surface area contributed by atoms with E-state index in [2.05, 4.69) is 9.36 Å². The highest BCUT2D eigenvalue weighted by atomic mass is 32.1. The Morgan fingerprint density at radius 2 is 2.43 bits per heavy atom. The van der Waals surface area contributed by atoms with Crippen molar-refractivity contribution in [1.82, 2.24) is 9.36 Å². The lowest BCUT2D eigenvalue weighted by atomic mass is 10.0. The van der Waals surface area contributed by atoms with Crippen LogP contribution in [0.3, 0.4) is 0 Å². The minimum atomic E-state index is -0.221. The van der Waals surface area contributed by atoms with Gasteiger partial charge < -0.3 is 10.6 Å². The van der Waals surface area contributed by atoms with Crippen LogP contribution in [0.4, 0.5) is 5.13 Å². The molecule has 1 aromatic rings. The van der Waals surface area contributed by atoms with Crippen molar-refractivity contribution in [3.63, 3.8) is 0 Å². The predicted octanol–water partition coefficient (Wildman–Crippen LogP) is 0.0220. The van der Waals surface area contributed by atoms with Crippen molar-refractivity contribution in [3.8, 4) is 0 Å². The Hall–Kier alpha value is -1.17. The standard InChI is InChI=1S/C8H12N4OS/c1-2-6-10-8(14-11-6)12-3-5(4-12)7(9)13/h5H,2-4H2,1H3,(H2,9,13). The molecule has 5 nitrogen and oxygen atoms in total. The molecule has 6 heteroatoms. The summed E-state index contributed by atoms with van der Waals surface area (Å²) in [6.45, 7) is 3.40. The van der Waals surface area contributed by atoms with Crippen LogP contribution in [0.25, 0.3) is 0 Å². The van der Waals surface area contributed by atoms with Gasteiger partial charge in [0.25, 0.3) is 0 Å². The lowest BCUT2D eigenvalue weighted by Crippen LogP contribution is -2.52. The molecule has 0 aliphatic carbocycles. The first-order valence-corrected chi connectivity index (χ1v) is 5.35. The number of aryl methyl sites for hydroxylation is 1. The van der Waals surface area contributed by atoms with Crippen molar-refractivity contribution in [2.24, 2.45) is 11.7 Å². The third-order valence-corrected chi connectivity index (χ3v) is 3.14. The average Bonchev–Trinajstić information content (AvgIpc) is 2.49. The molecule has 1 amide bonds. The first kappa shape index (κ1) is 9.39. The molecule has 2 heterocycles. The molecule has 76 valence electrons. The smallest absolute Gasteiger partial charge is 0.224 e. The molecule has 0 spiro atoms. The number of hydrogen-bond donors (Lipinski definition) is 1. The van der Waals surface area contributed by atoms with Gasteiger partial charge in [0.2, 0.25) is 11.0 Å². The quantitative estimate of drug-likeness (QED) is 0.766. The minimum absolute atomic E-state index is 0.0102. The molecular weight excluding hydrogens is 200 g/mol. The second-order valence-corrected chi connectivity index (χ2v) is 4.08. The van der Waals surface area contributed by atoms with Crippen LogP contribution in [-0.4, -0.2) is 28.4 Å². The molecule has 0 saturated carbocycles. The Balaban J connectivity index is 1.96. The number of anilines is 1. The molecule has 1 aliphatic rings. The summed E-state index contributed by atoms with van der Waals surface area (Å²) >= 11 is 1.38. The van der Waals surface area contributed by atoms with Gasteiger partial charge in [-0.2, -0.15) is 4.37 Å². The van der Waals surface area contributed by atoms with Gasteiger partial charge in [0.1, 0.15) is 5.82 Å². The first-order valence-electron chi connectivity index (χ1n) is 4.57. The minimum Gasteiger partial charge on any atom is -0.369 e. The normalized spacial score (nSPS) is 16.8. The molecule has 0 radical (unpaired) electrons. The van der Waals surface area contributed by atoms with Crippen LogP contribution in [-0.2, 0) is 11.2 Å². The highest BCUT2D eigenvalue weighted by Gasteiger charge is 2.32. The van der Waals surface area contributed by atoms with Crippen LogP contribution in [0.2, 0.25) is 0 Å². The molecule has 0 unspecified atom stereocenters. The Morgan fingerprint density at radius 3 is 2.93 bits per heavy atom. The van der Waals surface area contributed by atoms with Crippen LogP contribution in [0.15, 0.2) is 0 Å². The fourth-order valence-electron chi connectivity index (χ4n) is 1.33. The van der Waals surface area contributed by atoms with Gasteiger partial charge in [0.15, 0.2) is 0 Å². The van der Waals surface area contributed by atoms with Crippen molar-refractivity contribution in [2.45, 2.75) is 13.3 Å². The van der Waals surface area contributed by atoms with E-state index in [-0.39, 0.29) is 11.8 Å². The van der Waals surface area contributed by atoms with Crippen LogP contribution in [0, 0.1) is 5.92 Å². The molecule has 1 saturated heterocycles. The number of amides is 1. The Labute approximate surface area is 86.1 Å². The number of rotatable bonds is 3. The topological polar surface area (TPSA) is 72.1 Å². The zero-order valence-electron chi connectivity index (χ0n) is 7.93. The molecular formula is C8H12N4OS. The SMILES string of the molecule is CCc1nsc(N2CC(C(N)=O)C2)n1. The highest BCUT2D eigenvalue weighted by molar-refractivity contribution is 7.09. The fraction of sp³-hybridized carbons (Fsp3) is 0.625. The molecule has 1 aromatic heterocycles. The van der Waals surface area contributed by atoms with E-state index < -0.39 is 0 Å². The first-order chi connectivity index (χ1) is 6.70. The second-order valence-electron chi connectivity index (χ2n) is 3.35. The number of nitrogens with two attached hydrogens (primary N) is 1. The number of aromatic nitrogens is 2. The maximum absolute atomic E-state index is 10.8. The molecule has 1 fully saturated rings. The van der Waals surface area contributed by atoms with E-state index in [9.17, 15) is 4.79 Å². The van der Waals surface area contributed by atoms with Crippen LogP contribution < -0.4 is 10.6 Å². The number of nitrogens with zero attached hydrogens (tertiary/aromatic N) is 3. The van der Waals surface area contributed by atoms with E-state index >= 15 is 0 Å². The van der Waals surface area contributed by atoms with Crippen molar-refractivity contribution < 1.29 is 4.79 Å². The maximum atomic E-state index is 10.8. The van der Waals surface area contributed by atoms with Gasteiger partial charge in [0.05, 0.1) is 5.92 Å². The molecule has 2 N–H and O–H groups in total. The lowest BCUT2D eigenvalue weighted by Gasteiger charge is -2.36. The number of hydrogen-bond acceptors (Lipinski definition) is 5. The average molecular weight is 212 g/mol. The second kappa shape index (κ2) is 3.53. The zero-order chi connectivity index (χ0) is 10.1. The van der Waals surface area contributed by atoms with Crippen LogP contribution in [0.5, 0.6) is 0 Å². The van der Waals surface area contributed by atoms with Crippen LogP contribution >= 0.6 is 11.5 Å². The monoisotopic (exact) mass is 212 g/mol. The van der Waals surface area contributed by atoms with Gasteiger partial charge in [-0.1, -0.05) is 6.92 Å². The third-order valence-electron chi connectivity index (χ3n) is 2.33. The Kier molecular flexibility index (Phi) is 2.37. The number of primary amides is 1. The summed E-state index contributed by atoms with van der Waals surface area (Å²) in [6, 6.07) is 0. The molecule has 0 aromatic carbocycles. The van der Waals surface area contributed by atoms with E-state index in [1.807, 2.05) is 11.8 Å². The summed E-state index contributed by atoms with van der Waals surface area (Å²) in [5.74, 6) is 0.637. The molecule has 1 aliphatic heterocycles. The number of carbonyl (C=O) groups excluding carboxylic acids is 1. The maximum Gasteiger partial charge on any atom is 0.224 e. The van der Waals surface area contributed by atoms with Gasteiger partial charge >= 0.3 is 0 Å². The summed E-state index contributed by atoms with van der Waals surface area (Å²) in [4.78, 5) is 17.1. The summed E-state index contributed by atoms with van der Waals surface area (Å²) in [5, 5.41) is 0.902. The largest absolute Gasteiger partial charge is 0.369 e. The van der Waals surface area contributed by atoms with Crippen molar-refractivity contribution in [1.29, 1.82) is 0 Å². The number of carbonyl (C=O) groups is 1. The zero-order valence-corrected chi connectivity index (χ0v) is 8.75. The van der Waals surface area contributed by atoms with Gasteiger partial charge in [-0.25, -0.2) is 4.98 Å². The van der Waals surface area contributed by atoms with E-state index in [0.29, 0.717) is 13.1 Å². The molecule has 0 bridgehead atoms. The predicted molar refractivity (Wildman–Crippen MR) is 54.2 cm³/mol. The van der Waals surface area contributed by atoms with Crippen molar-refractivity contribution in [2.75, 3.05) is 18.0 Å². The molecule has 0 atom stereocenters. The van der Waals surface area contributed by atoms with Gasteiger partial charge in [-0.3, -0.25) is 4.79 Å². The summed E-state index contributed by atoms with van der Waals surface area (Å²) in [6.07, 6.45) is 0.851. The molecule has 2 rings (SSSR count). The van der Waals surface area contributed by atoms with E-state index in [0.717, 1.165) is 17.4 Å². The van der Waals surface area contributed by atoms with E-state index in [1.54, 1.807) is 0 Å². The van der Waals surface area contributed by atoms with Crippen molar-refractivity contribution in [3.05, 3.63) is 5.82 Å². The Morgan fingerprint density at radius 1 is 1.71 bits per heavy atom. The summed E-state index contributed by atoms with van der Waals surface area (Å²) < 4.78 is 4.18. The van der Waals surface area contributed by atoms with Crippen LogP contribution in [0.1, 0.15) is 12.7 Å². The summed E-state index contributed by atoms with van der Waals surface area (Å²) in [7, 11) is 0.